The highest BCUT2D eigenvalue weighted by Crippen LogP contribution is 2.54. The van der Waals surface area contributed by atoms with Gasteiger partial charge in [0.2, 0.25) is 0 Å². The summed E-state index contributed by atoms with van der Waals surface area (Å²) in [4.78, 5) is 5.19. The van der Waals surface area contributed by atoms with E-state index >= 15 is 0 Å². The molecule has 0 atom stereocenters. The Balaban J connectivity index is 1.38. The van der Waals surface area contributed by atoms with E-state index in [2.05, 4.69) is 23.8 Å². The summed E-state index contributed by atoms with van der Waals surface area (Å²) in [5.41, 5.74) is 0.767. The molecule has 0 aromatic carbocycles. The molecule has 0 N–H and O–H groups in total. The Morgan fingerprint density at radius 1 is 1.12 bits per heavy atom. The van der Waals surface area contributed by atoms with Gasteiger partial charge in [-0.2, -0.15) is 0 Å². The first-order valence-corrected chi connectivity index (χ1v) is 7.07. The molecular weight excluding hydrogens is 196 g/mol. The lowest BCUT2D eigenvalue weighted by Crippen LogP contribution is -2.52. The van der Waals surface area contributed by atoms with E-state index in [4.69, 9.17) is 0 Å². The van der Waals surface area contributed by atoms with Crippen LogP contribution in [0.5, 0.6) is 0 Å². The largest absolute Gasteiger partial charge is 0.306 e. The van der Waals surface area contributed by atoms with Gasteiger partial charge < -0.3 is 9.80 Å². The van der Waals surface area contributed by atoms with Crippen LogP contribution >= 0.6 is 0 Å². The molecule has 3 rings (SSSR count). The minimum atomic E-state index is 0.767. The van der Waals surface area contributed by atoms with Crippen molar-refractivity contribution in [3.8, 4) is 0 Å². The Labute approximate surface area is 100.0 Å². The second-order valence-corrected chi connectivity index (χ2v) is 6.82. The first-order chi connectivity index (χ1) is 7.66. The Bertz CT molecular complexity index is 245. The van der Waals surface area contributed by atoms with Crippen molar-refractivity contribution in [3.05, 3.63) is 0 Å². The van der Waals surface area contributed by atoms with E-state index in [1.807, 2.05) is 0 Å². The minimum absolute atomic E-state index is 0.767. The lowest BCUT2D eigenvalue weighted by atomic mass is 9.83. The molecule has 0 aromatic rings. The SMILES string of the molecule is CN1CCC(CN2CC(C3(C)CC3)C2)CC1. The van der Waals surface area contributed by atoms with E-state index < -0.39 is 0 Å². The maximum absolute atomic E-state index is 2.71. The molecule has 0 amide bonds. The van der Waals surface area contributed by atoms with Crippen molar-refractivity contribution >= 4 is 0 Å². The summed E-state index contributed by atoms with van der Waals surface area (Å²) in [6.45, 7) is 9.33. The zero-order chi connectivity index (χ0) is 11.2. The van der Waals surface area contributed by atoms with Gasteiger partial charge in [-0.25, -0.2) is 0 Å². The number of piperidine rings is 1. The van der Waals surface area contributed by atoms with Crippen LogP contribution in [0.15, 0.2) is 0 Å². The number of hydrogen-bond acceptors (Lipinski definition) is 2. The van der Waals surface area contributed by atoms with E-state index in [-0.39, 0.29) is 0 Å². The van der Waals surface area contributed by atoms with Gasteiger partial charge in [-0.05, 0) is 63.1 Å². The molecule has 16 heavy (non-hydrogen) atoms. The van der Waals surface area contributed by atoms with Crippen LogP contribution < -0.4 is 0 Å². The number of rotatable bonds is 3. The molecule has 3 aliphatic rings. The highest BCUT2D eigenvalue weighted by atomic mass is 15.2. The standard InChI is InChI=1S/C14H26N2/c1-14(5-6-14)13-10-16(11-13)9-12-3-7-15(2)8-4-12/h12-13H,3-11H2,1-2H3. The first kappa shape index (κ1) is 11.0. The van der Waals surface area contributed by atoms with E-state index in [0.717, 1.165) is 17.3 Å². The minimum Gasteiger partial charge on any atom is -0.306 e. The van der Waals surface area contributed by atoms with Gasteiger partial charge >= 0.3 is 0 Å². The number of nitrogens with zero attached hydrogens (tertiary/aromatic N) is 2. The van der Waals surface area contributed by atoms with Crippen molar-refractivity contribution in [1.29, 1.82) is 0 Å². The van der Waals surface area contributed by atoms with Crippen molar-refractivity contribution in [2.45, 2.75) is 32.6 Å². The molecule has 2 saturated heterocycles. The highest BCUT2D eigenvalue weighted by molar-refractivity contribution is 5.01. The molecule has 2 heterocycles. The Hall–Kier alpha value is -0.0800. The summed E-state index contributed by atoms with van der Waals surface area (Å²) in [5.74, 6) is 2.03. The van der Waals surface area contributed by atoms with Gasteiger partial charge in [0.15, 0.2) is 0 Å². The predicted octanol–water partition coefficient (Wildman–Crippen LogP) is 2.06. The van der Waals surface area contributed by atoms with Crippen LogP contribution in [0, 0.1) is 17.3 Å². The van der Waals surface area contributed by atoms with E-state index in [1.165, 1.54) is 58.4 Å². The lowest BCUT2D eigenvalue weighted by Gasteiger charge is -2.45. The smallest absolute Gasteiger partial charge is 0.00274 e. The fraction of sp³-hybridized carbons (Fsp3) is 1.00. The van der Waals surface area contributed by atoms with Gasteiger partial charge in [0.05, 0.1) is 0 Å². The summed E-state index contributed by atoms with van der Waals surface area (Å²) < 4.78 is 0. The normalized spacial score (nSPS) is 32.6. The molecule has 3 fully saturated rings. The molecule has 0 unspecified atom stereocenters. The molecule has 1 aliphatic carbocycles. The van der Waals surface area contributed by atoms with Crippen LogP contribution in [0.2, 0.25) is 0 Å². The van der Waals surface area contributed by atoms with Crippen LogP contribution in [0.25, 0.3) is 0 Å². The van der Waals surface area contributed by atoms with Crippen molar-refractivity contribution < 1.29 is 0 Å². The van der Waals surface area contributed by atoms with E-state index in [1.54, 1.807) is 0 Å². The lowest BCUT2D eigenvalue weighted by molar-refractivity contribution is 0.0298. The van der Waals surface area contributed by atoms with Crippen molar-refractivity contribution in [1.82, 2.24) is 9.80 Å². The molecule has 92 valence electrons. The molecule has 0 aromatic heterocycles. The molecule has 1 saturated carbocycles. The van der Waals surface area contributed by atoms with Crippen molar-refractivity contribution in [2.75, 3.05) is 39.8 Å². The van der Waals surface area contributed by atoms with Gasteiger partial charge in [-0.1, -0.05) is 6.92 Å². The quantitative estimate of drug-likeness (QED) is 0.721. The molecular formula is C14H26N2. The van der Waals surface area contributed by atoms with E-state index in [0.29, 0.717) is 0 Å². The van der Waals surface area contributed by atoms with Crippen LogP contribution in [-0.2, 0) is 0 Å². The zero-order valence-electron chi connectivity index (χ0n) is 10.9. The molecule has 2 aliphatic heterocycles. The van der Waals surface area contributed by atoms with Gasteiger partial charge in [-0.15, -0.1) is 0 Å². The average Bonchev–Trinajstić information content (AvgIpc) is 2.93. The van der Waals surface area contributed by atoms with Gasteiger partial charge in [0.1, 0.15) is 0 Å². The van der Waals surface area contributed by atoms with Gasteiger partial charge in [0.25, 0.3) is 0 Å². The number of hydrogen-bond donors (Lipinski definition) is 0. The first-order valence-electron chi connectivity index (χ1n) is 7.07. The third-order valence-electron chi connectivity index (χ3n) is 5.34. The van der Waals surface area contributed by atoms with Crippen LogP contribution in [0.1, 0.15) is 32.6 Å². The van der Waals surface area contributed by atoms with Gasteiger partial charge in [0, 0.05) is 19.6 Å². The van der Waals surface area contributed by atoms with Gasteiger partial charge in [-0.3, -0.25) is 0 Å². The molecule has 2 nitrogen and oxygen atoms in total. The second-order valence-electron chi connectivity index (χ2n) is 6.82. The molecule has 2 heteroatoms. The maximum atomic E-state index is 2.71. The average molecular weight is 222 g/mol. The monoisotopic (exact) mass is 222 g/mol. The molecule has 0 spiro atoms. The van der Waals surface area contributed by atoms with Crippen LogP contribution in [-0.4, -0.2) is 49.6 Å². The maximum Gasteiger partial charge on any atom is 0.00274 e. The third kappa shape index (κ3) is 2.14. The topological polar surface area (TPSA) is 6.48 Å². The predicted molar refractivity (Wildman–Crippen MR) is 67.5 cm³/mol. The highest BCUT2D eigenvalue weighted by Gasteiger charge is 2.49. The summed E-state index contributed by atoms with van der Waals surface area (Å²) in [6.07, 6.45) is 5.85. The summed E-state index contributed by atoms with van der Waals surface area (Å²) in [5, 5.41) is 0. The Morgan fingerprint density at radius 3 is 2.31 bits per heavy atom. The van der Waals surface area contributed by atoms with Crippen LogP contribution in [0.4, 0.5) is 0 Å². The molecule has 0 radical (unpaired) electrons. The second kappa shape index (κ2) is 3.99. The summed E-state index contributed by atoms with van der Waals surface area (Å²) >= 11 is 0. The number of likely N-dealkylation sites (tertiary alicyclic amines) is 2. The van der Waals surface area contributed by atoms with Crippen LogP contribution in [0.3, 0.4) is 0 Å². The van der Waals surface area contributed by atoms with E-state index in [9.17, 15) is 0 Å². The summed E-state index contributed by atoms with van der Waals surface area (Å²) in [6, 6.07) is 0. The van der Waals surface area contributed by atoms with Crippen molar-refractivity contribution in [3.63, 3.8) is 0 Å². The Morgan fingerprint density at radius 2 is 1.75 bits per heavy atom. The zero-order valence-corrected chi connectivity index (χ0v) is 10.9. The third-order valence-corrected chi connectivity index (χ3v) is 5.34. The Kier molecular flexibility index (Phi) is 2.75. The fourth-order valence-electron chi connectivity index (χ4n) is 3.37. The van der Waals surface area contributed by atoms with Crippen molar-refractivity contribution in [2.24, 2.45) is 17.3 Å². The summed E-state index contributed by atoms with van der Waals surface area (Å²) in [7, 11) is 2.25. The molecule has 0 bridgehead atoms. The fourth-order valence-corrected chi connectivity index (χ4v) is 3.37.